The Bertz CT molecular complexity index is 630. The van der Waals surface area contributed by atoms with Gasteiger partial charge in [0.05, 0.1) is 7.11 Å². The molecule has 5 nitrogen and oxygen atoms in total. The van der Waals surface area contributed by atoms with Crippen LogP contribution in [-0.4, -0.2) is 18.0 Å². The number of carbonyl (C=O) groups excluding carboxylic acids is 1. The standard InChI is InChI=1S/C14H11N3O2/c1-19-13-4-2-11(3-5-13)17-14(18)10-6-7-16-12(8-10)9-15/h2-8H,1H3,(H,17,18). The summed E-state index contributed by atoms with van der Waals surface area (Å²) in [6, 6.07) is 11.9. The zero-order valence-electron chi connectivity index (χ0n) is 10.3. The van der Waals surface area contributed by atoms with E-state index in [1.54, 1.807) is 37.4 Å². The fourth-order valence-electron chi connectivity index (χ4n) is 1.51. The van der Waals surface area contributed by atoms with Gasteiger partial charge in [-0.15, -0.1) is 0 Å². The van der Waals surface area contributed by atoms with E-state index in [0.717, 1.165) is 0 Å². The molecule has 0 saturated heterocycles. The lowest BCUT2D eigenvalue weighted by Gasteiger charge is -2.06. The molecule has 0 bridgehead atoms. The highest BCUT2D eigenvalue weighted by Crippen LogP contribution is 2.15. The largest absolute Gasteiger partial charge is 0.497 e. The second-order valence-electron chi connectivity index (χ2n) is 3.72. The Hall–Kier alpha value is -2.87. The molecule has 1 N–H and O–H groups in total. The lowest BCUT2D eigenvalue weighted by atomic mass is 10.2. The highest BCUT2D eigenvalue weighted by atomic mass is 16.5. The number of carbonyl (C=O) groups is 1. The van der Waals surface area contributed by atoms with Crippen LogP contribution in [0.15, 0.2) is 42.6 Å². The Morgan fingerprint density at radius 2 is 2.05 bits per heavy atom. The van der Waals surface area contributed by atoms with Crippen LogP contribution >= 0.6 is 0 Å². The first-order valence-electron chi connectivity index (χ1n) is 5.54. The maximum Gasteiger partial charge on any atom is 0.255 e. The summed E-state index contributed by atoms with van der Waals surface area (Å²) >= 11 is 0. The van der Waals surface area contributed by atoms with E-state index in [1.165, 1.54) is 12.3 Å². The molecule has 1 amide bonds. The molecule has 94 valence electrons. The Balaban J connectivity index is 2.13. The van der Waals surface area contributed by atoms with Gasteiger partial charge in [0, 0.05) is 17.4 Å². The molecule has 0 spiro atoms. The number of rotatable bonds is 3. The number of methoxy groups -OCH3 is 1. The van der Waals surface area contributed by atoms with Crippen LogP contribution in [0.1, 0.15) is 16.1 Å². The Morgan fingerprint density at radius 1 is 1.32 bits per heavy atom. The number of amides is 1. The average molecular weight is 253 g/mol. The lowest BCUT2D eigenvalue weighted by Crippen LogP contribution is -2.12. The minimum absolute atomic E-state index is 0.211. The summed E-state index contributed by atoms with van der Waals surface area (Å²) in [5, 5.41) is 11.5. The van der Waals surface area contributed by atoms with E-state index < -0.39 is 0 Å². The van der Waals surface area contributed by atoms with E-state index in [2.05, 4.69) is 10.3 Å². The molecule has 2 rings (SSSR count). The predicted octanol–water partition coefficient (Wildman–Crippen LogP) is 2.21. The number of benzene rings is 1. The molecule has 0 fully saturated rings. The highest BCUT2D eigenvalue weighted by molar-refractivity contribution is 6.04. The van der Waals surface area contributed by atoms with Gasteiger partial charge in [-0.3, -0.25) is 4.79 Å². The van der Waals surface area contributed by atoms with Gasteiger partial charge in [0.15, 0.2) is 0 Å². The molecule has 1 aromatic heterocycles. The number of ether oxygens (including phenoxy) is 1. The molecule has 0 aliphatic heterocycles. The highest BCUT2D eigenvalue weighted by Gasteiger charge is 2.07. The van der Waals surface area contributed by atoms with E-state index >= 15 is 0 Å². The van der Waals surface area contributed by atoms with Crippen LogP contribution in [0.2, 0.25) is 0 Å². The van der Waals surface area contributed by atoms with Crippen molar-refractivity contribution in [2.24, 2.45) is 0 Å². The third kappa shape index (κ3) is 3.07. The maximum atomic E-state index is 12.0. The first-order valence-corrected chi connectivity index (χ1v) is 5.54. The number of nitrogens with one attached hydrogen (secondary N) is 1. The quantitative estimate of drug-likeness (QED) is 0.910. The minimum atomic E-state index is -0.288. The number of nitrogens with zero attached hydrogens (tertiary/aromatic N) is 2. The molecule has 1 aromatic carbocycles. The molecule has 0 radical (unpaired) electrons. The third-order valence-electron chi connectivity index (χ3n) is 2.48. The number of hydrogen-bond acceptors (Lipinski definition) is 4. The Morgan fingerprint density at radius 3 is 2.68 bits per heavy atom. The van der Waals surface area contributed by atoms with E-state index in [9.17, 15) is 4.79 Å². The van der Waals surface area contributed by atoms with Crippen LogP contribution < -0.4 is 10.1 Å². The van der Waals surface area contributed by atoms with Crippen LogP contribution in [-0.2, 0) is 0 Å². The number of pyridine rings is 1. The topological polar surface area (TPSA) is 75.0 Å². The fraction of sp³-hybridized carbons (Fsp3) is 0.0714. The predicted molar refractivity (Wildman–Crippen MR) is 69.9 cm³/mol. The van der Waals surface area contributed by atoms with Crippen LogP contribution in [0.5, 0.6) is 5.75 Å². The van der Waals surface area contributed by atoms with Gasteiger partial charge in [0.1, 0.15) is 17.5 Å². The molecule has 0 aliphatic rings. The normalized spacial score (nSPS) is 9.47. The second-order valence-corrected chi connectivity index (χ2v) is 3.72. The molecule has 19 heavy (non-hydrogen) atoms. The summed E-state index contributed by atoms with van der Waals surface area (Å²) in [5.74, 6) is 0.428. The van der Waals surface area contributed by atoms with E-state index in [1.807, 2.05) is 6.07 Å². The van der Waals surface area contributed by atoms with Gasteiger partial charge >= 0.3 is 0 Å². The van der Waals surface area contributed by atoms with Gasteiger partial charge in [-0.05, 0) is 36.4 Å². The number of anilines is 1. The van der Waals surface area contributed by atoms with Gasteiger partial charge in [-0.1, -0.05) is 0 Å². The lowest BCUT2D eigenvalue weighted by molar-refractivity contribution is 0.102. The van der Waals surface area contributed by atoms with Crippen molar-refractivity contribution in [1.82, 2.24) is 4.98 Å². The van der Waals surface area contributed by atoms with Crippen molar-refractivity contribution in [3.63, 3.8) is 0 Å². The zero-order valence-corrected chi connectivity index (χ0v) is 10.3. The van der Waals surface area contributed by atoms with Gasteiger partial charge in [-0.25, -0.2) is 4.98 Å². The summed E-state index contributed by atoms with van der Waals surface area (Å²) in [6.07, 6.45) is 1.43. The van der Waals surface area contributed by atoms with Gasteiger partial charge in [-0.2, -0.15) is 5.26 Å². The first-order chi connectivity index (χ1) is 9.22. The summed E-state index contributed by atoms with van der Waals surface area (Å²) in [5.41, 5.74) is 1.26. The van der Waals surface area contributed by atoms with E-state index in [0.29, 0.717) is 17.0 Å². The molecular formula is C14H11N3O2. The molecule has 0 saturated carbocycles. The van der Waals surface area contributed by atoms with E-state index in [4.69, 9.17) is 10.00 Å². The minimum Gasteiger partial charge on any atom is -0.497 e. The molecule has 0 aliphatic carbocycles. The zero-order chi connectivity index (χ0) is 13.7. The summed E-state index contributed by atoms with van der Waals surface area (Å²) in [7, 11) is 1.58. The second kappa shape index (κ2) is 5.65. The van der Waals surface area contributed by atoms with Gasteiger partial charge in [0.2, 0.25) is 0 Å². The smallest absolute Gasteiger partial charge is 0.255 e. The molecule has 5 heteroatoms. The van der Waals surface area contributed by atoms with Crippen molar-refractivity contribution in [2.45, 2.75) is 0 Å². The van der Waals surface area contributed by atoms with Gasteiger partial charge in [0.25, 0.3) is 5.91 Å². The van der Waals surface area contributed by atoms with Crippen molar-refractivity contribution in [3.05, 3.63) is 53.9 Å². The molecule has 0 unspecified atom stereocenters. The van der Waals surface area contributed by atoms with Crippen molar-refractivity contribution in [1.29, 1.82) is 5.26 Å². The summed E-state index contributed by atoms with van der Waals surface area (Å²) < 4.78 is 5.03. The van der Waals surface area contributed by atoms with Crippen molar-refractivity contribution in [2.75, 3.05) is 12.4 Å². The molecule has 2 aromatic rings. The monoisotopic (exact) mass is 253 g/mol. The average Bonchev–Trinajstić information content (AvgIpc) is 2.48. The molecule has 1 heterocycles. The fourth-order valence-corrected chi connectivity index (χ4v) is 1.51. The number of hydrogen-bond donors (Lipinski definition) is 1. The SMILES string of the molecule is COc1ccc(NC(=O)c2ccnc(C#N)c2)cc1. The van der Waals surface area contributed by atoms with Crippen LogP contribution in [0.25, 0.3) is 0 Å². The summed E-state index contributed by atoms with van der Waals surface area (Å²) in [6.45, 7) is 0. The van der Waals surface area contributed by atoms with Crippen molar-refractivity contribution >= 4 is 11.6 Å². The van der Waals surface area contributed by atoms with Crippen molar-refractivity contribution in [3.8, 4) is 11.8 Å². The van der Waals surface area contributed by atoms with Crippen LogP contribution in [0.4, 0.5) is 5.69 Å². The van der Waals surface area contributed by atoms with E-state index in [-0.39, 0.29) is 11.6 Å². The summed E-state index contributed by atoms with van der Waals surface area (Å²) in [4.78, 5) is 15.8. The maximum absolute atomic E-state index is 12.0. The van der Waals surface area contributed by atoms with Gasteiger partial charge < -0.3 is 10.1 Å². The molecule has 0 atom stereocenters. The molecular weight excluding hydrogens is 242 g/mol. The third-order valence-corrected chi connectivity index (χ3v) is 2.48. The van der Waals surface area contributed by atoms with Crippen LogP contribution in [0, 0.1) is 11.3 Å². The van der Waals surface area contributed by atoms with Crippen molar-refractivity contribution < 1.29 is 9.53 Å². The Kier molecular flexibility index (Phi) is 3.74. The van der Waals surface area contributed by atoms with Crippen LogP contribution in [0.3, 0.4) is 0 Å². The first kappa shape index (κ1) is 12.6. The number of nitriles is 1. The number of aromatic nitrogens is 1. The Labute approximate surface area is 110 Å².